The van der Waals surface area contributed by atoms with Crippen molar-refractivity contribution in [3.05, 3.63) is 0 Å². The first kappa shape index (κ1) is 12.9. The Kier molecular flexibility index (Phi) is 4.43. The minimum Gasteiger partial charge on any atom is -0.462 e. The van der Waals surface area contributed by atoms with Gasteiger partial charge in [0.15, 0.2) is 0 Å². The summed E-state index contributed by atoms with van der Waals surface area (Å²) < 4.78 is 5.66. The molecular weight excluding hydrogens is 214 g/mol. The van der Waals surface area contributed by atoms with E-state index in [1.807, 2.05) is 0 Å². The van der Waals surface area contributed by atoms with Crippen LogP contribution in [0.2, 0.25) is 0 Å². The molecule has 2 rings (SSSR count). The Bertz CT molecular complexity index is 259. The van der Waals surface area contributed by atoms with Crippen molar-refractivity contribution >= 4 is 5.97 Å². The molecule has 98 valence electrons. The van der Waals surface area contributed by atoms with Gasteiger partial charge in [0.2, 0.25) is 0 Å². The second-order valence-electron chi connectivity index (χ2n) is 5.85. The van der Waals surface area contributed by atoms with Gasteiger partial charge in [-0.25, -0.2) is 0 Å². The fraction of sp³-hybridized carbons (Fsp3) is 0.929. The maximum Gasteiger partial charge on any atom is 0.309 e. The van der Waals surface area contributed by atoms with Crippen LogP contribution in [0.25, 0.3) is 0 Å². The SMILES string of the molecule is CC1CCC(OC(=O)C2CCCC2CN)CC1. The normalized spacial score (nSPS) is 38.0. The van der Waals surface area contributed by atoms with Gasteiger partial charge in [-0.15, -0.1) is 0 Å². The van der Waals surface area contributed by atoms with E-state index >= 15 is 0 Å². The van der Waals surface area contributed by atoms with Gasteiger partial charge in [-0.05, 0) is 56.9 Å². The summed E-state index contributed by atoms with van der Waals surface area (Å²) >= 11 is 0. The van der Waals surface area contributed by atoms with Crippen LogP contribution in [0.3, 0.4) is 0 Å². The second-order valence-corrected chi connectivity index (χ2v) is 5.85. The maximum atomic E-state index is 12.1. The highest BCUT2D eigenvalue weighted by Gasteiger charge is 2.34. The van der Waals surface area contributed by atoms with Crippen molar-refractivity contribution in [3.63, 3.8) is 0 Å². The van der Waals surface area contributed by atoms with Gasteiger partial charge in [0.25, 0.3) is 0 Å². The lowest BCUT2D eigenvalue weighted by atomic mass is 9.88. The van der Waals surface area contributed by atoms with Gasteiger partial charge in [-0.3, -0.25) is 4.79 Å². The largest absolute Gasteiger partial charge is 0.462 e. The summed E-state index contributed by atoms with van der Waals surface area (Å²) in [6.07, 6.45) is 7.87. The van der Waals surface area contributed by atoms with E-state index in [-0.39, 0.29) is 18.0 Å². The number of hydrogen-bond acceptors (Lipinski definition) is 3. The Morgan fingerprint density at radius 1 is 1.18 bits per heavy atom. The van der Waals surface area contributed by atoms with E-state index in [4.69, 9.17) is 10.5 Å². The molecule has 0 radical (unpaired) electrons. The van der Waals surface area contributed by atoms with Crippen LogP contribution in [0.15, 0.2) is 0 Å². The molecule has 0 saturated heterocycles. The Morgan fingerprint density at radius 2 is 1.88 bits per heavy atom. The topological polar surface area (TPSA) is 52.3 Å². The van der Waals surface area contributed by atoms with E-state index in [9.17, 15) is 4.79 Å². The van der Waals surface area contributed by atoms with E-state index in [1.54, 1.807) is 0 Å². The van der Waals surface area contributed by atoms with Crippen LogP contribution in [-0.2, 0) is 9.53 Å². The van der Waals surface area contributed by atoms with Crippen LogP contribution in [0.4, 0.5) is 0 Å². The van der Waals surface area contributed by atoms with Crippen molar-refractivity contribution in [2.75, 3.05) is 6.54 Å². The van der Waals surface area contributed by atoms with Crippen molar-refractivity contribution < 1.29 is 9.53 Å². The molecule has 0 amide bonds. The molecule has 2 aliphatic rings. The fourth-order valence-corrected chi connectivity index (χ4v) is 3.23. The molecule has 0 aromatic carbocycles. The molecule has 2 atom stereocenters. The molecule has 2 aliphatic carbocycles. The lowest BCUT2D eigenvalue weighted by Gasteiger charge is -2.28. The Hall–Kier alpha value is -0.570. The van der Waals surface area contributed by atoms with Crippen LogP contribution in [0, 0.1) is 17.8 Å². The van der Waals surface area contributed by atoms with Gasteiger partial charge < -0.3 is 10.5 Å². The number of rotatable bonds is 3. The average Bonchev–Trinajstić information content (AvgIpc) is 2.80. The van der Waals surface area contributed by atoms with Crippen molar-refractivity contribution in [3.8, 4) is 0 Å². The molecule has 0 bridgehead atoms. The first-order valence-corrected chi connectivity index (χ1v) is 7.11. The average molecular weight is 239 g/mol. The summed E-state index contributed by atoms with van der Waals surface area (Å²) in [5, 5.41) is 0. The zero-order valence-electron chi connectivity index (χ0n) is 10.9. The molecule has 3 heteroatoms. The van der Waals surface area contributed by atoms with Gasteiger partial charge >= 0.3 is 5.97 Å². The number of hydrogen-bond donors (Lipinski definition) is 1. The van der Waals surface area contributed by atoms with Crippen LogP contribution >= 0.6 is 0 Å². The van der Waals surface area contributed by atoms with Crippen molar-refractivity contribution in [2.24, 2.45) is 23.5 Å². The third-order valence-corrected chi connectivity index (χ3v) is 4.51. The highest BCUT2D eigenvalue weighted by Crippen LogP contribution is 2.33. The van der Waals surface area contributed by atoms with Crippen molar-refractivity contribution in [1.82, 2.24) is 0 Å². The number of esters is 1. The number of nitrogens with two attached hydrogens (primary N) is 1. The number of carbonyl (C=O) groups excluding carboxylic acids is 1. The summed E-state index contributed by atoms with van der Waals surface area (Å²) in [6, 6.07) is 0. The highest BCUT2D eigenvalue weighted by molar-refractivity contribution is 5.73. The Labute approximate surface area is 104 Å². The van der Waals surface area contributed by atoms with E-state index < -0.39 is 0 Å². The zero-order chi connectivity index (χ0) is 12.3. The summed E-state index contributed by atoms with van der Waals surface area (Å²) in [5.41, 5.74) is 5.71. The second kappa shape index (κ2) is 5.85. The van der Waals surface area contributed by atoms with Gasteiger partial charge in [0.05, 0.1) is 5.92 Å². The van der Waals surface area contributed by atoms with E-state index in [2.05, 4.69) is 6.92 Å². The smallest absolute Gasteiger partial charge is 0.309 e. The van der Waals surface area contributed by atoms with Crippen LogP contribution in [-0.4, -0.2) is 18.6 Å². The lowest BCUT2D eigenvalue weighted by molar-refractivity contribution is -0.157. The first-order valence-electron chi connectivity index (χ1n) is 7.11. The molecule has 0 heterocycles. The molecule has 2 unspecified atom stereocenters. The first-order chi connectivity index (χ1) is 8.20. The number of carbonyl (C=O) groups is 1. The highest BCUT2D eigenvalue weighted by atomic mass is 16.5. The van der Waals surface area contributed by atoms with Crippen molar-refractivity contribution in [1.29, 1.82) is 0 Å². The van der Waals surface area contributed by atoms with Crippen molar-refractivity contribution in [2.45, 2.75) is 58.0 Å². The number of ether oxygens (including phenoxy) is 1. The molecule has 0 aromatic rings. The van der Waals surface area contributed by atoms with Gasteiger partial charge in [-0.1, -0.05) is 13.3 Å². The molecular formula is C14H25NO2. The van der Waals surface area contributed by atoms with Gasteiger partial charge in [-0.2, -0.15) is 0 Å². The predicted octanol–water partition coefficient (Wildman–Crippen LogP) is 2.48. The predicted molar refractivity (Wildman–Crippen MR) is 67.4 cm³/mol. The standard InChI is InChI=1S/C14H25NO2/c1-10-5-7-12(8-6-10)17-14(16)13-4-2-3-11(13)9-15/h10-13H,2-9,15H2,1H3. The van der Waals surface area contributed by atoms with E-state index in [0.29, 0.717) is 12.5 Å². The molecule has 2 N–H and O–H groups in total. The maximum absolute atomic E-state index is 12.1. The van der Waals surface area contributed by atoms with Gasteiger partial charge in [0.1, 0.15) is 6.10 Å². The summed E-state index contributed by atoms with van der Waals surface area (Å²) in [7, 11) is 0. The van der Waals surface area contributed by atoms with E-state index in [0.717, 1.165) is 38.0 Å². The van der Waals surface area contributed by atoms with E-state index in [1.165, 1.54) is 12.8 Å². The van der Waals surface area contributed by atoms with Crippen LogP contribution < -0.4 is 5.73 Å². The summed E-state index contributed by atoms with van der Waals surface area (Å²) in [6.45, 7) is 2.90. The Balaban J connectivity index is 1.80. The molecule has 17 heavy (non-hydrogen) atoms. The van der Waals surface area contributed by atoms with Crippen LogP contribution in [0.1, 0.15) is 51.9 Å². The molecule has 2 saturated carbocycles. The molecule has 0 aromatic heterocycles. The lowest BCUT2D eigenvalue weighted by Crippen LogP contribution is -2.31. The molecule has 3 nitrogen and oxygen atoms in total. The molecule has 2 fully saturated rings. The zero-order valence-corrected chi connectivity index (χ0v) is 10.9. The third-order valence-electron chi connectivity index (χ3n) is 4.51. The fourth-order valence-electron chi connectivity index (χ4n) is 3.23. The molecule has 0 spiro atoms. The Morgan fingerprint density at radius 3 is 2.53 bits per heavy atom. The summed E-state index contributed by atoms with van der Waals surface area (Å²) in [5.74, 6) is 1.27. The molecule has 0 aliphatic heterocycles. The minimum absolute atomic E-state index is 0.0255. The summed E-state index contributed by atoms with van der Waals surface area (Å²) in [4.78, 5) is 12.1. The van der Waals surface area contributed by atoms with Crippen LogP contribution in [0.5, 0.6) is 0 Å². The quantitative estimate of drug-likeness (QED) is 0.770. The van der Waals surface area contributed by atoms with Gasteiger partial charge in [0, 0.05) is 0 Å². The monoisotopic (exact) mass is 239 g/mol. The minimum atomic E-state index is 0.0255. The third kappa shape index (κ3) is 3.21.